The molecule has 0 aliphatic heterocycles. The van der Waals surface area contributed by atoms with Gasteiger partial charge in [-0.15, -0.1) is 24.0 Å². The first kappa shape index (κ1) is 23.9. The first-order valence-electron chi connectivity index (χ1n) is 9.42. The first-order chi connectivity index (χ1) is 13.0. The first-order valence-corrected chi connectivity index (χ1v) is 9.42. The third kappa shape index (κ3) is 8.73. The minimum Gasteiger partial charge on any atom is -0.357 e. The molecule has 2 aromatic carbocycles. The van der Waals surface area contributed by atoms with Crippen molar-refractivity contribution in [3.05, 3.63) is 64.7 Å². The van der Waals surface area contributed by atoms with E-state index in [2.05, 4.69) is 59.9 Å². The lowest BCUT2D eigenvalue weighted by Crippen LogP contribution is -2.38. The highest BCUT2D eigenvalue weighted by atomic mass is 127. The Morgan fingerprint density at radius 3 is 2.36 bits per heavy atom. The number of nitrogens with zero attached hydrogens (tertiary/aromatic N) is 1. The summed E-state index contributed by atoms with van der Waals surface area (Å²) >= 11 is 0. The summed E-state index contributed by atoms with van der Waals surface area (Å²) in [5.74, 6) is 0.726. The number of carbonyl (C=O) groups excluding carboxylic acids is 1. The topological polar surface area (TPSA) is 65.5 Å². The zero-order valence-corrected chi connectivity index (χ0v) is 19.5. The number of carbonyl (C=O) groups is 1. The highest BCUT2D eigenvalue weighted by molar-refractivity contribution is 14.0. The van der Waals surface area contributed by atoms with Gasteiger partial charge in [-0.3, -0.25) is 4.79 Å². The van der Waals surface area contributed by atoms with Crippen molar-refractivity contribution >= 4 is 41.5 Å². The molecule has 152 valence electrons. The van der Waals surface area contributed by atoms with Gasteiger partial charge in [0.2, 0.25) is 5.91 Å². The van der Waals surface area contributed by atoms with Crippen LogP contribution in [0.1, 0.15) is 36.1 Å². The molecule has 5 nitrogen and oxygen atoms in total. The van der Waals surface area contributed by atoms with E-state index in [1.807, 2.05) is 24.3 Å². The van der Waals surface area contributed by atoms with Crippen molar-refractivity contribution in [2.24, 2.45) is 4.99 Å². The maximum atomic E-state index is 11.2. The fourth-order valence-electron chi connectivity index (χ4n) is 3.00. The summed E-state index contributed by atoms with van der Waals surface area (Å²) in [6.07, 6.45) is 0.949. The van der Waals surface area contributed by atoms with Crippen LogP contribution in [0.25, 0.3) is 0 Å². The van der Waals surface area contributed by atoms with E-state index >= 15 is 0 Å². The number of hydrogen-bond donors (Lipinski definition) is 3. The lowest BCUT2D eigenvalue weighted by molar-refractivity contribution is -0.114. The molecule has 1 amide bonds. The third-order valence-electron chi connectivity index (χ3n) is 4.00. The summed E-state index contributed by atoms with van der Waals surface area (Å²) in [4.78, 5) is 15.8. The van der Waals surface area contributed by atoms with E-state index in [1.54, 1.807) is 0 Å². The van der Waals surface area contributed by atoms with Crippen LogP contribution >= 0.6 is 24.0 Å². The van der Waals surface area contributed by atoms with E-state index in [0.29, 0.717) is 6.54 Å². The molecule has 2 aromatic rings. The number of hydrogen-bond acceptors (Lipinski definition) is 2. The molecule has 0 saturated heterocycles. The lowest BCUT2D eigenvalue weighted by Gasteiger charge is -2.12. The van der Waals surface area contributed by atoms with Gasteiger partial charge in [0.1, 0.15) is 0 Å². The Kier molecular flexibility index (Phi) is 10.6. The van der Waals surface area contributed by atoms with E-state index in [9.17, 15) is 4.79 Å². The van der Waals surface area contributed by atoms with Crippen molar-refractivity contribution in [1.29, 1.82) is 0 Å². The largest absolute Gasteiger partial charge is 0.357 e. The Balaban J connectivity index is 0.00000392. The van der Waals surface area contributed by atoms with Crippen LogP contribution in [0.4, 0.5) is 5.69 Å². The monoisotopic (exact) mass is 494 g/mol. The Bertz CT molecular complexity index is 785. The van der Waals surface area contributed by atoms with Crippen LogP contribution in [0.5, 0.6) is 0 Å². The average molecular weight is 494 g/mol. The van der Waals surface area contributed by atoms with Crippen LogP contribution < -0.4 is 16.0 Å². The van der Waals surface area contributed by atoms with Crippen molar-refractivity contribution in [2.45, 2.75) is 40.7 Å². The van der Waals surface area contributed by atoms with E-state index in [1.165, 1.54) is 23.6 Å². The lowest BCUT2D eigenvalue weighted by atomic mass is 10.1. The van der Waals surface area contributed by atoms with Crippen LogP contribution in [0.2, 0.25) is 0 Å². The molecule has 6 heteroatoms. The number of aryl methyl sites for hydroxylation is 2. The zero-order valence-electron chi connectivity index (χ0n) is 17.1. The number of rotatable bonds is 7. The van der Waals surface area contributed by atoms with Gasteiger partial charge in [-0.25, -0.2) is 4.99 Å². The SMILES string of the molecule is CCNC(=NCc1cccc(NC(C)=O)c1)NCCc1cc(C)cc(C)c1.I. The van der Waals surface area contributed by atoms with Crippen LogP contribution in [0.15, 0.2) is 47.5 Å². The van der Waals surface area contributed by atoms with E-state index < -0.39 is 0 Å². The molecule has 2 rings (SSSR count). The standard InChI is InChI=1S/C22H30N4O.HI/c1-5-23-22(24-10-9-19-12-16(2)11-17(3)13-19)25-15-20-7-6-8-21(14-20)26-18(4)27;/h6-8,11-14H,5,9-10,15H2,1-4H3,(H,26,27)(H2,23,24,25);1H. The minimum atomic E-state index is -0.0722. The van der Waals surface area contributed by atoms with Crippen molar-refractivity contribution in [2.75, 3.05) is 18.4 Å². The second kappa shape index (κ2) is 12.4. The summed E-state index contributed by atoms with van der Waals surface area (Å²) in [5.41, 5.74) is 5.77. The zero-order chi connectivity index (χ0) is 19.6. The van der Waals surface area contributed by atoms with Gasteiger partial charge in [0.25, 0.3) is 0 Å². The Labute approximate surface area is 185 Å². The van der Waals surface area contributed by atoms with Crippen LogP contribution in [-0.4, -0.2) is 25.0 Å². The highest BCUT2D eigenvalue weighted by Crippen LogP contribution is 2.12. The quantitative estimate of drug-likeness (QED) is 0.308. The molecule has 0 spiro atoms. The third-order valence-corrected chi connectivity index (χ3v) is 4.00. The normalized spacial score (nSPS) is 10.8. The number of amides is 1. The van der Waals surface area contributed by atoms with Gasteiger partial charge in [0.05, 0.1) is 6.54 Å². The second-order valence-corrected chi connectivity index (χ2v) is 6.75. The molecule has 28 heavy (non-hydrogen) atoms. The fraction of sp³-hybridized carbons (Fsp3) is 0.364. The van der Waals surface area contributed by atoms with Gasteiger partial charge in [-0.05, 0) is 50.5 Å². The molecule has 0 atom stereocenters. The molecule has 3 N–H and O–H groups in total. The number of anilines is 1. The summed E-state index contributed by atoms with van der Waals surface area (Å²) in [6, 6.07) is 14.4. The number of guanidine groups is 1. The molecule has 0 aliphatic rings. The molecule has 0 saturated carbocycles. The minimum absolute atomic E-state index is 0. The average Bonchev–Trinajstić information content (AvgIpc) is 2.58. The Morgan fingerprint density at radius 1 is 1.00 bits per heavy atom. The van der Waals surface area contributed by atoms with Gasteiger partial charge >= 0.3 is 0 Å². The van der Waals surface area contributed by atoms with E-state index in [4.69, 9.17) is 0 Å². The summed E-state index contributed by atoms with van der Waals surface area (Å²) in [6.45, 7) is 10.00. The van der Waals surface area contributed by atoms with Gasteiger partial charge in [0.15, 0.2) is 5.96 Å². The second-order valence-electron chi connectivity index (χ2n) is 6.75. The smallest absolute Gasteiger partial charge is 0.221 e. The maximum Gasteiger partial charge on any atom is 0.221 e. The Morgan fingerprint density at radius 2 is 1.71 bits per heavy atom. The molecule has 0 radical (unpaired) electrons. The van der Waals surface area contributed by atoms with E-state index in [0.717, 1.165) is 36.7 Å². The maximum absolute atomic E-state index is 11.2. The molecule has 0 fully saturated rings. The molecule has 0 aliphatic carbocycles. The van der Waals surface area contributed by atoms with Gasteiger partial charge in [-0.1, -0.05) is 41.5 Å². The highest BCUT2D eigenvalue weighted by Gasteiger charge is 2.01. The van der Waals surface area contributed by atoms with Crippen LogP contribution in [0, 0.1) is 13.8 Å². The predicted molar refractivity (Wildman–Crippen MR) is 129 cm³/mol. The molecular formula is C22H31IN4O. The number of halogens is 1. The van der Waals surface area contributed by atoms with Crippen LogP contribution in [-0.2, 0) is 17.8 Å². The van der Waals surface area contributed by atoms with Crippen molar-refractivity contribution in [1.82, 2.24) is 10.6 Å². The molecule has 0 bridgehead atoms. The van der Waals surface area contributed by atoms with E-state index in [-0.39, 0.29) is 29.9 Å². The number of aliphatic imine (C=N–C) groups is 1. The van der Waals surface area contributed by atoms with Gasteiger partial charge in [0, 0.05) is 25.7 Å². The summed E-state index contributed by atoms with van der Waals surface area (Å²) in [5, 5.41) is 9.47. The van der Waals surface area contributed by atoms with Crippen molar-refractivity contribution < 1.29 is 4.79 Å². The molecule has 0 heterocycles. The molecule has 0 unspecified atom stereocenters. The molecular weight excluding hydrogens is 463 g/mol. The fourth-order valence-corrected chi connectivity index (χ4v) is 3.00. The van der Waals surface area contributed by atoms with Crippen molar-refractivity contribution in [3.63, 3.8) is 0 Å². The van der Waals surface area contributed by atoms with Crippen molar-refractivity contribution in [3.8, 4) is 0 Å². The number of nitrogens with one attached hydrogen (secondary N) is 3. The van der Waals surface area contributed by atoms with Crippen LogP contribution in [0.3, 0.4) is 0 Å². The predicted octanol–water partition coefficient (Wildman–Crippen LogP) is 4.18. The van der Waals surface area contributed by atoms with Gasteiger partial charge in [-0.2, -0.15) is 0 Å². The van der Waals surface area contributed by atoms with Gasteiger partial charge < -0.3 is 16.0 Å². The molecule has 0 aromatic heterocycles. The number of benzene rings is 2. The summed E-state index contributed by atoms with van der Waals surface area (Å²) in [7, 11) is 0. The summed E-state index contributed by atoms with van der Waals surface area (Å²) < 4.78 is 0. The Hall–Kier alpha value is -2.09.